The van der Waals surface area contributed by atoms with Crippen molar-refractivity contribution >= 4 is 0 Å². The molecule has 1 unspecified atom stereocenters. The number of hydrogen-bond donors (Lipinski definition) is 1. The SMILES string of the molecule is Cc1cc(C)c(CN2CCCC(c3ccn[nH]3)C2)c(-n2cccn2)c1. The first-order valence-electron chi connectivity index (χ1n) is 9.02. The van der Waals surface area contributed by atoms with Crippen LogP contribution in [0.3, 0.4) is 0 Å². The van der Waals surface area contributed by atoms with Gasteiger partial charge in [0.05, 0.1) is 5.69 Å². The summed E-state index contributed by atoms with van der Waals surface area (Å²) in [7, 11) is 0. The Balaban J connectivity index is 1.60. The largest absolute Gasteiger partial charge is 0.298 e. The first kappa shape index (κ1) is 16.1. The number of nitrogens with one attached hydrogen (secondary N) is 1. The molecule has 0 spiro atoms. The molecule has 5 heteroatoms. The van der Waals surface area contributed by atoms with Gasteiger partial charge in [-0.15, -0.1) is 0 Å². The fraction of sp³-hybridized carbons (Fsp3) is 0.400. The van der Waals surface area contributed by atoms with Crippen molar-refractivity contribution in [2.75, 3.05) is 13.1 Å². The van der Waals surface area contributed by atoms with Crippen LogP contribution in [0.1, 0.15) is 41.1 Å². The minimum absolute atomic E-state index is 0.551. The summed E-state index contributed by atoms with van der Waals surface area (Å²) in [5.74, 6) is 0.551. The molecular weight excluding hydrogens is 310 g/mol. The van der Waals surface area contributed by atoms with Crippen molar-refractivity contribution in [2.24, 2.45) is 0 Å². The van der Waals surface area contributed by atoms with Gasteiger partial charge in [0, 0.05) is 43.3 Å². The van der Waals surface area contributed by atoms with E-state index in [0.29, 0.717) is 5.92 Å². The highest BCUT2D eigenvalue weighted by atomic mass is 15.3. The second kappa shape index (κ2) is 6.84. The van der Waals surface area contributed by atoms with Crippen LogP contribution in [0.25, 0.3) is 5.69 Å². The van der Waals surface area contributed by atoms with E-state index in [0.717, 1.165) is 19.6 Å². The van der Waals surface area contributed by atoms with Crippen LogP contribution in [0, 0.1) is 13.8 Å². The Kier molecular flexibility index (Phi) is 4.40. The molecule has 130 valence electrons. The quantitative estimate of drug-likeness (QED) is 0.793. The van der Waals surface area contributed by atoms with E-state index in [1.54, 1.807) is 0 Å². The van der Waals surface area contributed by atoms with E-state index < -0.39 is 0 Å². The number of aromatic amines is 1. The molecule has 1 aliphatic rings. The number of likely N-dealkylation sites (tertiary alicyclic amines) is 1. The summed E-state index contributed by atoms with van der Waals surface area (Å²) < 4.78 is 1.99. The normalized spacial score (nSPS) is 18.6. The van der Waals surface area contributed by atoms with E-state index in [1.807, 2.05) is 29.3 Å². The summed E-state index contributed by atoms with van der Waals surface area (Å²) in [5.41, 5.74) is 6.46. The first-order chi connectivity index (χ1) is 12.2. The Morgan fingerprint density at radius 1 is 1.24 bits per heavy atom. The number of benzene rings is 1. The van der Waals surface area contributed by atoms with E-state index in [4.69, 9.17) is 0 Å². The van der Waals surface area contributed by atoms with Gasteiger partial charge >= 0.3 is 0 Å². The van der Waals surface area contributed by atoms with Crippen LogP contribution >= 0.6 is 0 Å². The number of aryl methyl sites for hydroxylation is 2. The third kappa shape index (κ3) is 3.37. The molecule has 1 fully saturated rings. The van der Waals surface area contributed by atoms with E-state index >= 15 is 0 Å². The molecule has 1 aliphatic heterocycles. The van der Waals surface area contributed by atoms with Gasteiger partial charge in [-0.2, -0.15) is 10.2 Å². The van der Waals surface area contributed by atoms with Gasteiger partial charge in [0.1, 0.15) is 0 Å². The Morgan fingerprint density at radius 2 is 2.16 bits per heavy atom. The Labute approximate surface area is 148 Å². The molecule has 5 nitrogen and oxygen atoms in total. The fourth-order valence-corrected chi connectivity index (χ4v) is 3.97. The zero-order valence-corrected chi connectivity index (χ0v) is 14.9. The van der Waals surface area contributed by atoms with Crippen molar-refractivity contribution in [2.45, 2.75) is 39.2 Å². The molecule has 0 amide bonds. The monoisotopic (exact) mass is 335 g/mol. The fourth-order valence-electron chi connectivity index (χ4n) is 3.97. The van der Waals surface area contributed by atoms with Gasteiger partial charge in [-0.1, -0.05) is 6.07 Å². The molecule has 0 aliphatic carbocycles. The van der Waals surface area contributed by atoms with Crippen molar-refractivity contribution in [3.63, 3.8) is 0 Å². The number of piperidine rings is 1. The molecule has 1 N–H and O–H groups in total. The predicted octanol–water partition coefficient (Wildman–Crippen LogP) is 3.59. The van der Waals surface area contributed by atoms with E-state index in [2.05, 4.69) is 52.2 Å². The van der Waals surface area contributed by atoms with Crippen LogP contribution in [0.2, 0.25) is 0 Å². The van der Waals surface area contributed by atoms with Crippen LogP contribution in [0.5, 0.6) is 0 Å². The van der Waals surface area contributed by atoms with Crippen molar-refractivity contribution in [1.82, 2.24) is 24.9 Å². The highest BCUT2D eigenvalue weighted by Crippen LogP contribution is 2.28. The number of nitrogens with zero attached hydrogens (tertiary/aromatic N) is 4. The zero-order chi connectivity index (χ0) is 17.2. The van der Waals surface area contributed by atoms with Gasteiger partial charge in [-0.25, -0.2) is 4.68 Å². The summed E-state index contributed by atoms with van der Waals surface area (Å²) in [6.45, 7) is 7.56. The van der Waals surface area contributed by atoms with E-state index in [1.165, 1.54) is 40.9 Å². The van der Waals surface area contributed by atoms with Gasteiger partial charge in [0.25, 0.3) is 0 Å². The standard InChI is InChI=1S/C20H25N5/c1-15-11-16(2)18(20(12-15)25-10-4-7-22-25)14-24-9-3-5-17(13-24)19-6-8-21-23-19/h4,6-8,10-12,17H,3,5,9,13-14H2,1-2H3,(H,21,23). The maximum atomic E-state index is 4.46. The molecule has 3 heterocycles. The molecule has 1 aromatic carbocycles. The zero-order valence-electron chi connectivity index (χ0n) is 14.9. The second-order valence-corrected chi connectivity index (χ2v) is 7.12. The minimum atomic E-state index is 0.551. The Morgan fingerprint density at radius 3 is 2.92 bits per heavy atom. The molecule has 1 atom stereocenters. The van der Waals surface area contributed by atoms with Crippen molar-refractivity contribution in [3.05, 3.63) is 65.2 Å². The van der Waals surface area contributed by atoms with Gasteiger partial charge in [-0.05, 0) is 68.1 Å². The van der Waals surface area contributed by atoms with Crippen LogP contribution < -0.4 is 0 Å². The highest BCUT2D eigenvalue weighted by molar-refractivity contribution is 5.48. The molecule has 0 saturated carbocycles. The molecule has 0 bridgehead atoms. The lowest BCUT2D eigenvalue weighted by atomic mass is 9.94. The molecule has 2 aromatic heterocycles. The lowest BCUT2D eigenvalue weighted by Gasteiger charge is -2.33. The Bertz CT molecular complexity index is 820. The average molecular weight is 335 g/mol. The number of hydrogen-bond acceptors (Lipinski definition) is 3. The molecule has 4 rings (SSSR count). The predicted molar refractivity (Wildman–Crippen MR) is 98.9 cm³/mol. The van der Waals surface area contributed by atoms with Crippen LogP contribution in [0.15, 0.2) is 42.9 Å². The first-order valence-corrected chi connectivity index (χ1v) is 9.02. The topological polar surface area (TPSA) is 49.7 Å². The number of rotatable bonds is 4. The van der Waals surface area contributed by atoms with Crippen LogP contribution in [0.4, 0.5) is 0 Å². The number of aromatic nitrogens is 4. The highest BCUT2D eigenvalue weighted by Gasteiger charge is 2.23. The van der Waals surface area contributed by atoms with Gasteiger partial charge in [-0.3, -0.25) is 10.00 Å². The lowest BCUT2D eigenvalue weighted by molar-refractivity contribution is 0.198. The summed E-state index contributed by atoms with van der Waals surface area (Å²) in [5, 5.41) is 11.7. The lowest BCUT2D eigenvalue weighted by Crippen LogP contribution is -2.34. The minimum Gasteiger partial charge on any atom is -0.298 e. The second-order valence-electron chi connectivity index (χ2n) is 7.12. The average Bonchev–Trinajstić information content (AvgIpc) is 3.31. The molecule has 0 radical (unpaired) electrons. The summed E-state index contributed by atoms with van der Waals surface area (Å²) in [6.07, 6.45) is 8.19. The Hall–Kier alpha value is -2.40. The van der Waals surface area contributed by atoms with Gasteiger partial charge in [0.15, 0.2) is 0 Å². The van der Waals surface area contributed by atoms with Crippen molar-refractivity contribution in [3.8, 4) is 5.69 Å². The molecular formula is C20H25N5. The third-order valence-corrected chi connectivity index (χ3v) is 5.19. The summed E-state index contributed by atoms with van der Waals surface area (Å²) in [6, 6.07) is 8.61. The summed E-state index contributed by atoms with van der Waals surface area (Å²) >= 11 is 0. The van der Waals surface area contributed by atoms with Crippen LogP contribution in [-0.4, -0.2) is 38.0 Å². The molecule has 25 heavy (non-hydrogen) atoms. The maximum absolute atomic E-state index is 4.46. The number of H-pyrrole nitrogens is 1. The van der Waals surface area contributed by atoms with E-state index in [-0.39, 0.29) is 0 Å². The maximum Gasteiger partial charge on any atom is 0.0695 e. The van der Waals surface area contributed by atoms with Crippen molar-refractivity contribution < 1.29 is 0 Å². The smallest absolute Gasteiger partial charge is 0.0695 e. The third-order valence-electron chi connectivity index (χ3n) is 5.19. The van der Waals surface area contributed by atoms with Gasteiger partial charge < -0.3 is 0 Å². The van der Waals surface area contributed by atoms with Crippen molar-refractivity contribution in [1.29, 1.82) is 0 Å². The molecule has 1 saturated heterocycles. The van der Waals surface area contributed by atoms with E-state index in [9.17, 15) is 0 Å². The van der Waals surface area contributed by atoms with Gasteiger partial charge in [0.2, 0.25) is 0 Å². The molecule has 3 aromatic rings. The van der Waals surface area contributed by atoms with Crippen LogP contribution in [-0.2, 0) is 6.54 Å². The summed E-state index contributed by atoms with van der Waals surface area (Å²) in [4.78, 5) is 2.57.